The fraction of sp³-hybridized carbons (Fsp3) is 0.600. The van der Waals surface area contributed by atoms with Gasteiger partial charge < -0.3 is 14.2 Å². The minimum Gasteiger partial charge on any atom is -0.467 e. The van der Waals surface area contributed by atoms with Crippen LogP contribution in [0.2, 0.25) is 0 Å². The molecule has 0 spiro atoms. The van der Waals surface area contributed by atoms with Gasteiger partial charge in [-0.25, -0.2) is 9.59 Å². The van der Waals surface area contributed by atoms with E-state index in [9.17, 15) is 9.59 Å². The molecule has 6 heteroatoms. The van der Waals surface area contributed by atoms with E-state index in [1.165, 1.54) is 13.2 Å². The average Bonchev–Trinajstić information content (AvgIpc) is 2.37. The van der Waals surface area contributed by atoms with Crippen LogP contribution in [-0.4, -0.2) is 36.9 Å². The quantitative estimate of drug-likeness (QED) is 0.746. The van der Waals surface area contributed by atoms with Crippen molar-refractivity contribution in [2.75, 3.05) is 13.7 Å². The number of ether oxygens (including phenoxy) is 3. The van der Waals surface area contributed by atoms with Gasteiger partial charge in [0.15, 0.2) is 5.60 Å². The second-order valence-corrected chi connectivity index (χ2v) is 6.27. The molecule has 1 rings (SSSR count). The largest absolute Gasteiger partial charge is 0.467 e. The number of hydrogen-bond acceptors (Lipinski definition) is 5. The fourth-order valence-electron chi connectivity index (χ4n) is 1.95. The number of methoxy groups -OCH3 is 1. The standard InChI is InChI=1S/C15H21ClO5/c1-10-6-7-11(16)8-15(10,13(18)19-5)20-9-12(17)21-14(2,3)4/h6-8,10H,9H2,1-5H3. The molecule has 2 unspecified atom stereocenters. The van der Waals surface area contributed by atoms with Crippen molar-refractivity contribution in [3.05, 3.63) is 23.3 Å². The summed E-state index contributed by atoms with van der Waals surface area (Å²) in [6.07, 6.45) is 4.86. The maximum atomic E-state index is 12.1. The van der Waals surface area contributed by atoms with Crippen LogP contribution >= 0.6 is 11.6 Å². The number of carbonyl (C=O) groups is 2. The van der Waals surface area contributed by atoms with E-state index >= 15 is 0 Å². The highest BCUT2D eigenvalue weighted by Crippen LogP contribution is 2.33. The van der Waals surface area contributed by atoms with Crippen LogP contribution < -0.4 is 0 Å². The van der Waals surface area contributed by atoms with Gasteiger partial charge >= 0.3 is 11.9 Å². The maximum absolute atomic E-state index is 12.1. The van der Waals surface area contributed by atoms with Crippen LogP contribution in [0.15, 0.2) is 23.3 Å². The van der Waals surface area contributed by atoms with Crippen molar-refractivity contribution in [1.29, 1.82) is 0 Å². The Morgan fingerprint density at radius 2 is 2.00 bits per heavy atom. The molecule has 0 aromatic heterocycles. The molecule has 0 N–H and O–H groups in total. The lowest BCUT2D eigenvalue weighted by atomic mass is 9.85. The van der Waals surface area contributed by atoms with Crippen LogP contribution in [0, 0.1) is 5.92 Å². The average molecular weight is 317 g/mol. The molecule has 2 atom stereocenters. The number of rotatable bonds is 4. The summed E-state index contributed by atoms with van der Waals surface area (Å²) < 4.78 is 15.5. The first-order valence-corrected chi connectivity index (χ1v) is 6.99. The van der Waals surface area contributed by atoms with Crippen molar-refractivity contribution in [3.8, 4) is 0 Å². The minimum atomic E-state index is -1.42. The molecule has 0 aromatic rings. The molecule has 0 aromatic carbocycles. The molecular formula is C15H21ClO5. The molecule has 0 aliphatic heterocycles. The SMILES string of the molecule is COC(=O)C1(OCC(=O)OC(C)(C)C)C=C(Cl)C=CC1C. The van der Waals surface area contributed by atoms with Gasteiger partial charge in [0, 0.05) is 11.0 Å². The van der Waals surface area contributed by atoms with Gasteiger partial charge in [-0.3, -0.25) is 0 Å². The minimum absolute atomic E-state index is 0.324. The predicted octanol–water partition coefficient (Wildman–Crippen LogP) is 2.59. The van der Waals surface area contributed by atoms with Gasteiger partial charge in [0.25, 0.3) is 0 Å². The first-order valence-electron chi connectivity index (χ1n) is 6.61. The van der Waals surface area contributed by atoms with Gasteiger partial charge in [-0.1, -0.05) is 24.6 Å². The zero-order chi connectivity index (χ0) is 16.3. The maximum Gasteiger partial charge on any atom is 0.342 e. The van der Waals surface area contributed by atoms with Crippen molar-refractivity contribution < 1.29 is 23.8 Å². The molecule has 0 saturated carbocycles. The van der Waals surface area contributed by atoms with Crippen molar-refractivity contribution in [2.45, 2.75) is 38.9 Å². The molecule has 0 radical (unpaired) electrons. The normalized spacial score (nSPS) is 25.2. The molecule has 1 aliphatic carbocycles. The number of allylic oxidation sites excluding steroid dienone is 2. The molecule has 0 bridgehead atoms. The van der Waals surface area contributed by atoms with E-state index in [1.54, 1.807) is 39.8 Å². The number of esters is 2. The Bertz CT molecular complexity index is 475. The highest BCUT2D eigenvalue weighted by atomic mass is 35.5. The zero-order valence-corrected chi connectivity index (χ0v) is 13.7. The summed E-state index contributed by atoms with van der Waals surface area (Å²) in [5.74, 6) is -1.49. The van der Waals surface area contributed by atoms with E-state index < -0.39 is 23.1 Å². The summed E-state index contributed by atoms with van der Waals surface area (Å²) in [6, 6.07) is 0. The fourth-order valence-corrected chi connectivity index (χ4v) is 2.18. The third-order valence-corrected chi connectivity index (χ3v) is 3.16. The first-order chi connectivity index (χ1) is 9.60. The first kappa shape index (κ1) is 17.7. The Kier molecular flexibility index (Phi) is 5.59. The van der Waals surface area contributed by atoms with E-state index in [0.717, 1.165) is 0 Å². The van der Waals surface area contributed by atoms with Crippen LogP contribution in [0.5, 0.6) is 0 Å². The van der Waals surface area contributed by atoms with Crippen LogP contribution in [0.3, 0.4) is 0 Å². The molecule has 118 valence electrons. The molecule has 0 heterocycles. The molecule has 0 saturated heterocycles. The lowest BCUT2D eigenvalue weighted by Crippen LogP contribution is -2.48. The van der Waals surface area contributed by atoms with Crippen LogP contribution in [0.1, 0.15) is 27.7 Å². The summed E-state index contributed by atoms with van der Waals surface area (Å²) in [6.45, 7) is 6.67. The van der Waals surface area contributed by atoms with Crippen molar-refractivity contribution >= 4 is 23.5 Å². The Balaban J connectivity index is 2.89. The molecule has 1 aliphatic rings. The Morgan fingerprint density at radius 1 is 1.38 bits per heavy atom. The van der Waals surface area contributed by atoms with Crippen molar-refractivity contribution in [3.63, 3.8) is 0 Å². The summed E-state index contributed by atoms with van der Waals surface area (Å²) in [5.41, 5.74) is -2.04. The summed E-state index contributed by atoms with van der Waals surface area (Å²) >= 11 is 5.96. The predicted molar refractivity (Wildman–Crippen MR) is 78.8 cm³/mol. The molecule has 5 nitrogen and oxygen atoms in total. The second-order valence-electron chi connectivity index (χ2n) is 5.84. The van der Waals surface area contributed by atoms with E-state index in [4.69, 9.17) is 25.8 Å². The van der Waals surface area contributed by atoms with Crippen LogP contribution in [0.4, 0.5) is 0 Å². The monoisotopic (exact) mass is 316 g/mol. The van der Waals surface area contributed by atoms with Gasteiger partial charge in [-0.2, -0.15) is 0 Å². The molecule has 0 amide bonds. The highest BCUT2D eigenvalue weighted by Gasteiger charge is 2.45. The Morgan fingerprint density at radius 3 is 2.52 bits per heavy atom. The second kappa shape index (κ2) is 6.62. The van der Waals surface area contributed by atoms with Gasteiger partial charge in [-0.05, 0) is 32.9 Å². The van der Waals surface area contributed by atoms with Gasteiger partial charge in [-0.15, -0.1) is 0 Å². The molecule has 0 fully saturated rings. The summed E-state index contributed by atoms with van der Waals surface area (Å²) in [5, 5.41) is 0.350. The zero-order valence-electron chi connectivity index (χ0n) is 12.9. The smallest absolute Gasteiger partial charge is 0.342 e. The number of carbonyl (C=O) groups excluding carboxylic acids is 2. The number of hydrogen-bond donors (Lipinski definition) is 0. The lowest BCUT2D eigenvalue weighted by molar-refractivity contribution is -0.178. The van der Waals surface area contributed by atoms with Gasteiger partial charge in [0.2, 0.25) is 0 Å². The Hall–Kier alpha value is -1.33. The van der Waals surface area contributed by atoms with Gasteiger partial charge in [0.05, 0.1) is 7.11 Å². The van der Waals surface area contributed by atoms with E-state index in [0.29, 0.717) is 5.03 Å². The van der Waals surface area contributed by atoms with Gasteiger partial charge in [0.1, 0.15) is 12.2 Å². The summed E-state index contributed by atoms with van der Waals surface area (Å²) in [4.78, 5) is 23.9. The molecular weight excluding hydrogens is 296 g/mol. The molecule has 21 heavy (non-hydrogen) atoms. The topological polar surface area (TPSA) is 61.8 Å². The third kappa shape index (κ3) is 4.58. The highest BCUT2D eigenvalue weighted by molar-refractivity contribution is 6.31. The van der Waals surface area contributed by atoms with Crippen molar-refractivity contribution in [2.24, 2.45) is 5.92 Å². The lowest BCUT2D eigenvalue weighted by Gasteiger charge is -2.34. The van der Waals surface area contributed by atoms with Crippen LogP contribution in [-0.2, 0) is 23.8 Å². The van der Waals surface area contributed by atoms with Crippen LogP contribution in [0.25, 0.3) is 0 Å². The number of halogens is 1. The Labute approximate surface area is 129 Å². The third-order valence-electron chi connectivity index (χ3n) is 2.93. The van der Waals surface area contributed by atoms with E-state index in [-0.39, 0.29) is 12.5 Å². The van der Waals surface area contributed by atoms with E-state index in [2.05, 4.69) is 0 Å². The van der Waals surface area contributed by atoms with Crippen molar-refractivity contribution in [1.82, 2.24) is 0 Å². The summed E-state index contributed by atoms with van der Waals surface area (Å²) in [7, 11) is 1.26. The van der Waals surface area contributed by atoms with E-state index in [1.807, 2.05) is 0 Å².